The number of nitrogens with one attached hydrogen (secondary N) is 1. The van der Waals surface area contributed by atoms with Crippen molar-refractivity contribution in [1.82, 2.24) is 25.2 Å². The molecule has 0 bridgehead atoms. The maximum atomic E-state index is 12.0. The van der Waals surface area contributed by atoms with Gasteiger partial charge in [-0.15, -0.1) is 12.4 Å². The lowest BCUT2D eigenvalue weighted by Crippen LogP contribution is -2.63. The minimum Gasteiger partial charge on any atom is -0.351 e. The molecule has 0 saturated carbocycles. The third kappa shape index (κ3) is 2.60. The molecule has 1 saturated heterocycles. The zero-order valence-electron chi connectivity index (χ0n) is 11.8. The molecule has 3 N–H and O–H groups in total. The van der Waals surface area contributed by atoms with Crippen LogP contribution in [-0.2, 0) is 5.54 Å². The maximum Gasteiger partial charge on any atom is 0.316 e. The number of hydrogen-bond donors (Lipinski definition) is 2. The van der Waals surface area contributed by atoms with Gasteiger partial charge in [-0.3, -0.25) is 4.98 Å². The summed E-state index contributed by atoms with van der Waals surface area (Å²) in [7, 11) is 0. The van der Waals surface area contributed by atoms with E-state index in [0.29, 0.717) is 31.2 Å². The predicted molar refractivity (Wildman–Crippen MR) is 83.5 cm³/mol. The second-order valence-electron chi connectivity index (χ2n) is 4.81. The lowest BCUT2D eigenvalue weighted by atomic mass is 9.89. The first-order valence-corrected chi connectivity index (χ1v) is 6.72. The highest BCUT2D eigenvalue weighted by Crippen LogP contribution is 2.33. The van der Waals surface area contributed by atoms with Crippen LogP contribution < -0.4 is 11.1 Å². The van der Waals surface area contributed by atoms with Gasteiger partial charge in [-0.25, -0.2) is 14.8 Å². The number of primary amides is 1. The van der Waals surface area contributed by atoms with Gasteiger partial charge in [0, 0.05) is 38.2 Å². The Morgan fingerprint density at radius 1 is 1.18 bits per heavy atom. The van der Waals surface area contributed by atoms with Crippen LogP contribution in [0.4, 0.5) is 4.79 Å². The van der Waals surface area contributed by atoms with Gasteiger partial charge in [0.25, 0.3) is 0 Å². The van der Waals surface area contributed by atoms with Crippen molar-refractivity contribution in [3.8, 4) is 0 Å². The Labute approximate surface area is 134 Å². The van der Waals surface area contributed by atoms with Gasteiger partial charge in [0.1, 0.15) is 0 Å². The van der Waals surface area contributed by atoms with E-state index in [9.17, 15) is 4.79 Å². The largest absolute Gasteiger partial charge is 0.351 e. The number of nitrogens with two attached hydrogens (primary N) is 1. The normalized spacial score (nSPS) is 21.0. The van der Waals surface area contributed by atoms with Crippen molar-refractivity contribution in [1.29, 1.82) is 0 Å². The highest BCUT2D eigenvalue weighted by Gasteiger charge is 2.47. The minimum absolute atomic E-state index is 0. The Balaban J connectivity index is 0.00000176. The van der Waals surface area contributed by atoms with Gasteiger partial charge in [-0.2, -0.15) is 0 Å². The standard InChI is InChI=1S/C14H16N6O.ClH/c15-13(21)20-9-8-16-10-14(20,11-4-1-2-5-17-11)12-18-6-3-7-19-12;/h1-7,16H,8-10H2,(H2,15,21);1H. The van der Waals surface area contributed by atoms with Crippen LogP contribution in [0.15, 0.2) is 42.9 Å². The van der Waals surface area contributed by atoms with Crippen LogP contribution in [0.2, 0.25) is 0 Å². The van der Waals surface area contributed by atoms with Gasteiger partial charge in [0.2, 0.25) is 0 Å². The van der Waals surface area contributed by atoms with Crippen molar-refractivity contribution in [2.24, 2.45) is 5.73 Å². The molecule has 0 aliphatic carbocycles. The maximum absolute atomic E-state index is 12.0. The molecule has 0 spiro atoms. The molecule has 1 atom stereocenters. The van der Waals surface area contributed by atoms with Gasteiger partial charge in [-0.1, -0.05) is 6.07 Å². The van der Waals surface area contributed by atoms with Gasteiger partial charge in [0.15, 0.2) is 11.4 Å². The van der Waals surface area contributed by atoms with Crippen molar-refractivity contribution in [3.63, 3.8) is 0 Å². The number of piperazine rings is 1. The SMILES string of the molecule is Cl.NC(=O)N1CCNCC1(c1ccccn1)c1ncccn1. The van der Waals surface area contributed by atoms with E-state index >= 15 is 0 Å². The lowest BCUT2D eigenvalue weighted by molar-refractivity contribution is 0.111. The summed E-state index contributed by atoms with van der Waals surface area (Å²) in [4.78, 5) is 26.6. The van der Waals surface area contributed by atoms with Crippen LogP contribution in [0.25, 0.3) is 0 Å². The molecule has 8 heteroatoms. The molecule has 2 aromatic heterocycles. The Bertz CT molecular complexity index is 584. The summed E-state index contributed by atoms with van der Waals surface area (Å²) >= 11 is 0. The summed E-state index contributed by atoms with van der Waals surface area (Å²) in [6.07, 6.45) is 5.00. The number of halogens is 1. The average molecular weight is 321 g/mol. The van der Waals surface area contributed by atoms with E-state index in [4.69, 9.17) is 5.73 Å². The molecule has 0 aromatic carbocycles. The zero-order valence-corrected chi connectivity index (χ0v) is 12.7. The molecule has 2 aromatic rings. The van der Waals surface area contributed by atoms with Crippen LogP contribution in [-0.4, -0.2) is 45.5 Å². The van der Waals surface area contributed by atoms with E-state index in [1.807, 2.05) is 18.2 Å². The third-order valence-electron chi connectivity index (χ3n) is 3.64. The van der Waals surface area contributed by atoms with Crippen molar-refractivity contribution in [2.45, 2.75) is 5.54 Å². The molecule has 22 heavy (non-hydrogen) atoms. The van der Waals surface area contributed by atoms with Crippen LogP contribution in [0.3, 0.4) is 0 Å². The Morgan fingerprint density at radius 2 is 1.91 bits per heavy atom. The van der Waals surface area contributed by atoms with Crippen molar-refractivity contribution in [2.75, 3.05) is 19.6 Å². The predicted octanol–water partition coefficient (Wildman–Crippen LogP) is 0.521. The first-order chi connectivity index (χ1) is 10.2. The Kier molecular flexibility index (Phi) is 4.89. The molecule has 1 aliphatic heterocycles. The molecule has 1 aliphatic rings. The second-order valence-corrected chi connectivity index (χ2v) is 4.81. The van der Waals surface area contributed by atoms with Crippen molar-refractivity contribution >= 4 is 18.4 Å². The first kappa shape index (κ1) is 16.1. The van der Waals surface area contributed by atoms with E-state index in [1.54, 1.807) is 29.6 Å². The summed E-state index contributed by atoms with van der Waals surface area (Å²) in [5, 5.41) is 3.29. The number of carbonyl (C=O) groups excluding carboxylic acids is 1. The van der Waals surface area contributed by atoms with E-state index in [1.165, 1.54) is 0 Å². The van der Waals surface area contributed by atoms with Crippen LogP contribution in [0.1, 0.15) is 11.5 Å². The fourth-order valence-corrected chi connectivity index (χ4v) is 2.71. The second kappa shape index (κ2) is 6.67. The lowest BCUT2D eigenvalue weighted by Gasteiger charge is -2.44. The van der Waals surface area contributed by atoms with E-state index in [-0.39, 0.29) is 12.4 Å². The molecule has 1 fully saturated rings. The molecule has 0 radical (unpaired) electrons. The monoisotopic (exact) mass is 320 g/mol. The van der Waals surface area contributed by atoms with Gasteiger partial charge >= 0.3 is 6.03 Å². The van der Waals surface area contributed by atoms with Crippen LogP contribution in [0.5, 0.6) is 0 Å². The summed E-state index contributed by atoms with van der Waals surface area (Å²) < 4.78 is 0. The average Bonchev–Trinajstić information content (AvgIpc) is 2.56. The highest BCUT2D eigenvalue weighted by molar-refractivity contribution is 5.85. The van der Waals surface area contributed by atoms with E-state index in [0.717, 1.165) is 0 Å². The third-order valence-corrected chi connectivity index (χ3v) is 3.64. The van der Waals surface area contributed by atoms with Crippen molar-refractivity contribution < 1.29 is 4.79 Å². The molecule has 116 valence electrons. The number of carbonyl (C=O) groups is 1. The number of amides is 2. The Hall–Kier alpha value is -2.25. The molecule has 2 amide bonds. The van der Waals surface area contributed by atoms with Gasteiger partial charge in [0.05, 0.1) is 5.69 Å². The fourth-order valence-electron chi connectivity index (χ4n) is 2.71. The number of rotatable bonds is 2. The van der Waals surface area contributed by atoms with Gasteiger partial charge in [-0.05, 0) is 18.2 Å². The summed E-state index contributed by atoms with van der Waals surface area (Å²) in [5.41, 5.74) is 5.41. The Morgan fingerprint density at radius 3 is 2.55 bits per heavy atom. The molecule has 1 unspecified atom stereocenters. The molecular formula is C14H17ClN6O. The fraction of sp³-hybridized carbons (Fsp3) is 0.286. The molecular weight excluding hydrogens is 304 g/mol. The van der Waals surface area contributed by atoms with E-state index < -0.39 is 11.6 Å². The van der Waals surface area contributed by atoms with Crippen LogP contribution >= 0.6 is 12.4 Å². The number of aromatic nitrogens is 3. The number of hydrogen-bond acceptors (Lipinski definition) is 5. The summed E-state index contributed by atoms with van der Waals surface area (Å²) in [6.45, 7) is 1.62. The molecule has 3 rings (SSSR count). The zero-order chi connectivity index (χ0) is 14.7. The number of pyridine rings is 1. The smallest absolute Gasteiger partial charge is 0.316 e. The minimum atomic E-state index is -0.882. The highest BCUT2D eigenvalue weighted by atomic mass is 35.5. The summed E-state index contributed by atoms with van der Waals surface area (Å²) in [5.74, 6) is 0.509. The first-order valence-electron chi connectivity index (χ1n) is 6.72. The molecule has 3 heterocycles. The molecule has 7 nitrogen and oxygen atoms in total. The number of urea groups is 1. The quantitative estimate of drug-likeness (QED) is 0.841. The van der Waals surface area contributed by atoms with Crippen molar-refractivity contribution in [3.05, 3.63) is 54.4 Å². The topological polar surface area (TPSA) is 97.0 Å². The van der Waals surface area contributed by atoms with E-state index in [2.05, 4.69) is 20.3 Å². The van der Waals surface area contributed by atoms with Gasteiger partial charge < -0.3 is 16.0 Å². The van der Waals surface area contributed by atoms with Crippen LogP contribution in [0, 0.1) is 0 Å². The number of nitrogens with zero attached hydrogens (tertiary/aromatic N) is 4. The summed E-state index contributed by atoms with van der Waals surface area (Å²) in [6, 6.07) is 6.80.